The first-order chi connectivity index (χ1) is 11.0. The first-order valence-electron chi connectivity index (χ1n) is 7.02. The van der Waals surface area contributed by atoms with Gasteiger partial charge >= 0.3 is 0 Å². The molecule has 0 saturated carbocycles. The van der Waals surface area contributed by atoms with Crippen LogP contribution in [0.1, 0.15) is 25.9 Å². The molecule has 0 aliphatic heterocycles. The molecule has 3 rings (SSSR count). The highest BCUT2D eigenvalue weighted by molar-refractivity contribution is 7.16. The van der Waals surface area contributed by atoms with Gasteiger partial charge in [0.15, 0.2) is 0 Å². The van der Waals surface area contributed by atoms with Crippen LogP contribution in [-0.2, 0) is 6.54 Å². The van der Waals surface area contributed by atoms with Crippen molar-refractivity contribution in [3.63, 3.8) is 0 Å². The van der Waals surface area contributed by atoms with Crippen LogP contribution in [-0.4, -0.2) is 15.9 Å². The van der Waals surface area contributed by atoms with E-state index in [2.05, 4.69) is 15.3 Å². The lowest BCUT2D eigenvalue weighted by Crippen LogP contribution is -2.29. The number of aromatic amines is 1. The van der Waals surface area contributed by atoms with Gasteiger partial charge in [-0.3, -0.25) is 9.59 Å². The fourth-order valence-electron chi connectivity index (χ4n) is 2.10. The van der Waals surface area contributed by atoms with E-state index in [4.69, 9.17) is 0 Å². The molecule has 3 aromatic heterocycles. The summed E-state index contributed by atoms with van der Waals surface area (Å²) in [7, 11) is 0. The Bertz CT molecular complexity index is 908. The molecule has 23 heavy (non-hydrogen) atoms. The van der Waals surface area contributed by atoms with Gasteiger partial charge in [0.2, 0.25) is 0 Å². The fourth-order valence-corrected chi connectivity index (χ4v) is 3.70. The lowest BCUT2D eigenvalue weighted by Gasteiger charge is -2.03. The Balaban J connectivity index is 1.68. The summed E-state index contributed by atoms with van der Waals surface area (Å²) in [5.41, 5.74) is 1.45. The number of hydrogen-bond donors (Lipinski definition) is 2. The van der Waals surface area contributed by atoms with E-state index >= 15 is 0 Å². The van der Waals surface area contributed by atoms with Crippen LogP contribution in [0.15, 0.2) is 34.4 Å². The third-order valence-corrected chi connectivity index (χ3v) is 5.14. The van der Waals surface area contributed by atoms with Crippen molar-refractivity contribution in [2.24, 2.45) is 0 Å². The van der Waals surface area contributed by atoms with Gasteiger partial charge in [0, 0.05) is 16.0 Å². The average molecular weight is 345 g/mol. The molecule has 0 aliphatic carbocycles. The lowest BCUT2D eigenvalue weighted by molar-refractivity contribution is 0.0950. The SMILES string of the molecule is Cc1ccc(C(=O)NCc2ccc(-c3csc(C)n3)s2)c(=O)[nH]1. The number of carbonyl (C=O) groups excluding carboxylic acids is 1. The summed E-state index contributed by atoms with van der Waals surface area (Å²) in [6, 6.07) is 7.22. The molecule has 7 heteroatoms. The van der Waals surface area contributed by atoms with Gasteiger partial charge in [-0.1, -0.05) is 0 Å². The minimum Gasteiger partial charge on any atom is -0.347 e. The Hall–Kier alpha value is -2.25. The Morgan fingerprint density at radius 2 is 2.09 bits per heavy atom. The highest BCUT2D eigenvalue weighted by Crippen LogP contribution is 2.28. The smallest absolute Gasteiger partial charge is 0.260 e. The summed E-state index contributed by atoms with van der Waals surface area (Å²) in [6.45, 7) is 4.14. The molecule has 0 fully saturated rings. The number of thiophene rings is 1. The van der Waals surface area contributed by atoms with Crippen molar-refractivity contribution in [1.82, 2.24) is 15.3 Å². The van der Waals surface area contributed by atoms with Gasteiger partial charge in [-0.15, -0.1) is 22.7 Å². The first-order valence-corrected chi connectivity index (χ1v) is 8.72. The molecule has 1 amide bonds. The molecule has 0 radical (unpaired) electrons. The number of hydrogen-bond acceptors (Lipinski definition) is 5. The normalized spacial score (nSPS) is 10.7. The predicted molar refractivity (Wildman–Crippen MR) is 93.1 cm³/mol. The fraction of sp³-hybridized carbons (Fsp3) is 0.188. The average Bonchev–Trinajstić information content (AvgIpc) is 3.13. The van der Waals surface area contributed by atoms with Crippen LogP contribution in [0, 0.1) is 13.8 Å². The minimum atomic E-state index is -0.370. The van der Waals surface area contributed by atoms with Crippen LogP contribution in [0.3, 0.4) is 0 Å². The second-order valence-corrected chi connectivity index (χ2v) is 7.32. The number of nitrogens with one attached hydrogen (secondary N) is 2. The Labute approximate surface area is 141 Å². The molecule has 3 aromatic rings. The van der Waals surface area contributed by atoms with E-state index in [-0.39, 0.29) is 17.0 Å². The van der Waals surface area contributed by atoms with Gasteiger partial charge in [-0.2, -0.15) is 0 Å². The van der Waals surface area contributed by atoms with Crippen molar-refractivity contribution in [3.05, 3.63) is 61.1 Å². The molecular formula is C16H15N3O2S2. The molecule has 0 atom stereocenters. The van der Waals surface area contributed by atoms with Crippen LogP contribution in [0.25, 0.3) is 10.6 Å². The zero-order valence-electron chi connectivity index (χ0n) is 12.7. The standard InChI is InChI=1S/C16H15N3O2S2/c1-9-3-5-12(16(21)18-9)15(20)17-7-11-4-6-14(23-11)13-8-22-10(2)19-13/h3-6,8H,7H2,1-2H3,(H,17,20)(H,18,21). The zero-order valence-corrected chi connectivity index (χ0v) is 14.3. The summed E-state index contributed by atoms with van der Waals surface area (Å²) in [6.07, 6.45) is 0. The van der Waals surface area contributed by atoms with Crippen molar-refractivity contribution < 1.29 is 4.79 Å². The number of aromatic nitrogens is 2. The number of pyridine rings is 1. The van der Waals surface area contributed by atoms with Crippen LogP contribution < -0.4 is 10.9 Å². The van der Waals surface area contributed by atoms with E-state index in [0.29, 0.717) is 6.54 Å². The van der Waals surface area contributed by atoms with E-state index in [1.54, 1.807) is 41.7 Å². The van der Waals surface area contributed by atoms with E-state index in [1.165, 1.54) is 0 Å². The molecule has 5 nitrogen and oxygen atoms in total. The monoisotopic (exact) mass is 345 g/mol. The van der Waals surface area contributed by atoms with Gasteiger partial charge in [-0.25, -0.2) is 4.98 Å². The first kappa shape index (κ1) is 15.6. The number of rotatable bonds is 4. The lowest BCUT2D eigenvalue weighted by atomic mass is 10.2. The molecule has 3 heterocycles. The van der Waals surface area contributed by atoms with Crippen molar-refractivity contribution in [2.75, 3.05) is 0 Å². The van der Waals surface area contributed by atoms with Gasteiger partial charge in [0.05, 0.1) is 22.1 Å². The summed E-state index contributed by atoms with van der Waals surface area (Å²) < 4.78 is 0. The Morgan fingerprint density at radius 3 is 2.78 bits per heavy atom. The van der Waals surface area contributed by atoms with Gasteiger partial charge in [0.1, 0.15) is 5.56 Å². The second kappa shape index (κ2) is 6.47. The highest BCUT2D eigenvalue weighted by Gasteiger charge is 2.11. The van der Waals surface area contributed by atoms with Crippen molar-refractivity contribution in [1.29, 1.82) is 0 Å². The number of amides is 1. The number of carbonyl (C=O) groups is 1. The van der Waals surface area contributed by atoms with E-state index in [9.17, 15) is 9.59 Å². The molecular weight excluding hydrogens is 330 g/mol. The Kier molecular flexibility index (Phi) is 4.40. The number of H-pyrrole nitrogens is 1. The predicted octanol–water partition coefficient (Wildman–Crippen LogP) is 3.11. The topological polar surface area (TPSA) is 74.8 Å². The highest BCUT2D eigenvalue weighted by atomic mass is 32.1. The van der Waals surface area contributed by atoms with Crippen LogP contribution in [0.2, 0.25) is 0 Å². The minimum absolute atomic E-state index is 0.127. The van der Waals surface area contributed by atoms with E-state index in [1.807, 2.05) is 24.4 Å². The molecule has 0 unspecified atom stereocenters. The summed E-state index contributed by atoms with van der Waals surface area (Å²) in [5.74, 6) is -0.370. The van der Waals surface area contributed by atoms with E-state index < -0.39 is 0 Å². The molecule has 0 aromatic carbocycles. The van der Waals surface area contributed by atoms with Crippen molar-refractivity contribution >= 4 is 28.6 Å². The van der Waals surface area contributed by atoms with Crippen molar-refractivity contribution in [3.8, 4) is 10.6 Å². The summed E-state index contributed by atoms with van der Waals surface area (Å²) >= 11 is 3.20. The molecule has 0 bridgehead atoms. The largest absolute Gasteiger partial charge is 0.347 e. The van der Waals surface area contributed by atoms with E-state index in [0.717, 1.165) is 26.1 Å². The maximum Gasteiger partial charge on any atom is 0.260 e. The Morgan fingerprint density at radius 1 is 1.26 bits per heavy atom. The van der Waals surface area contributed by atoms with Crippen molar-refractivity contribution in [2.45, 2.75) is 20.4 Å². The van der Waals surface area contributed by atoms with Gasteiger partial charge < -0.3 is 10.3 Å². The quantitative estimate of drug-likeness (QED) is 0.763. The second-order valence-electron chi connectivity index (χ2n) is 5.08. The summed E-state index contributed by atoms with van der Waals surface area (Å²) in [5, 5.41) is 5.83. The molecule has 0 spiro atoms. The maximum atomic E-state index is 12.1. The van der Waals surface area contributed by atoms with Gasteiger partial charge in [0.25, 0.3) is 11.5 Å². The molecule has 118 valence electrons. The van der Waals surface area contributed by atoms with Crippen LogP contribution in [0.5, 0.6) is 0 Å². The van der Waals surface area contributed by atoms with Crippen LogP contribution in [0.4, 0.5) is 0 Å². The number of aryl methyl sites for hydroxylation is 2. The zero-order chi connectivity index (χ0) is 16.4. The third kappa shape index (κ3) is 3.57. The number of thiazole rings is 1. The van der Waals surface area contributed by atoms with Gasteiger partial charge in [-0.05, 0) is 38.1 Å². The number of nitrogens with zero attached hydrogens (tertiary/aromatic N) is 1. The summed E-state index contributed by atoms with van der Waals surface area (Å²) in [4.78, 5) is 33.0. The maximum absolute atomic E-state index is 12.1. The molecule has 0 saturated heterocycles. The van der Waals surface area contributed by atoms with Crippen LogP contribution >= 0.6 is 22.7 Å². The molecule has 0 aliphatic rings. The molecule has 2 N–H and O–H groups in total. The third-order valence-electron chi connectivity index (χ3n) is 3.26.